The SMILES string of the molecule is COc1cc(I)c(CO)nc1C(F)F. The van der Waals surface area contributed by atoms with Crippen LogP contribution >= 0.6 is 22.6 Å². The monoisotopic (exact) mass is 315 g/mol. The van der Waals surface area contributed by atoms with Crippen molar-refractivity contribution < 1.29 is 18.6 Å². The molecular formula is C8H8F2INO2. The standard InChI is InChI=1S/C8H8F2INO2/c1-14-6-2-4(11)5(3-13)12-7(6)8(9)10/h2,8,13H,3H2,1H3. The summed E-state index contributed by atoms with van der Waals surface area (Å²) >= 11 is 1.90. The minimum absolute atomic E-state index is 0.0431. The molecule has 3 nitrogen and oxygen atoms in total. The highest BCUT2D eigenvalue weighted by Crippen LogP contribution is 2.29. The zero-order valence-electron chi connectivity index (χ0n) is 7.30. The lowest BCUT2D eigenvalue weighted by atomic mass is 10.3. The fourth-order valence-corrected chi connectivity index (χ4v) is 1.53. The number of methoxy groups -OCH3 is 1. The maximum atomic E-state index is 12.4. The van der Waals surface area contributed by atoms with Crippen LogP contribution in [0.15, 0.2) is 6.07 Å². The fourth-order valence-electron chi connectivity index (χ4n) is 0.957. The third-order valence-corrected chi connectivity index (χ3v) is 2.55. The molecule has 1 N–H and O–H groups in total. The molecule has 0 spiro atoms. The Morgan fingerprint density at radius 3 is 2.71 bits per heavy atom. The van der Waals surface area contributed by atoms with Crippen LogP contribution < -0.4 is 4.74 Å². The van der Waals surface area contributed by atoms with Crippen LogP contribution in [0.1, 0.15) is 17.8 Å². The zero-order valence-corrected chi connectivity index (χ0v) is 9.46. The van der Waals surface area contributed by atoms with Crippen molar-refractivity contribution in [3.05, 3.63) is 21.0 Å². The average molecular weight is 315 g/mol. The van der Waals surface area contributed by atoms with Gasteiger partial charge in [-0.1, -0.05) is 0 Å². The summed E-state index contributed by atoms with van der Waals surface area (Å²) in [5.74, 6) is 0.0431. The summed E-state index contributed by atoms with van der Waals surface area (Å²) in [6, 6.07) is 1.43. The summed E-state index contributed by atoms with van der Waals surface area (Å²) < 4.78 is 30.2. The van der Waals surface area contributed by atoms with Crippen molar-refractivity contribution in [1.29, 1.82) is 0 Å². The van der Waals surface area contributed by atoms with Gasteiger partial charge in [0.05, 0.1) is 19.4 Å². The first-order valence-corrected chi connectivity index (χ1v) is 4.80. The first-order valence-electron chi connectivity index (χ1n) is 3.72. The van der Waals surface area contributed by atoms with E-state index in [2.05, 4.69) is 4.98 Å². The smallest absolute Gasteiger partial charge is 0.284 e. The van der Waals surface area contributed by atoms with Gasteiger partial charge in [0, 0.05) is 3.57 Å². The Morgan fingerprint density at radius 2 is 2.29 bits per heavy atom. The lowest BCUT2D eigenvalue weighted by Gasteiger charge is -2.09. The highest BCUT2D eigenvalue weighted by molar-refractivity contribution is 14.1. The molecule has 6 heteroatoms. The van der Waals surface area contributed by atoms with Crippen LogP contribution in [0.4, 0.5) is 8.78 Å². The van der Waals surface area contributed by atoms with Crippen LogP contribution in [0, 0.1) is 3.57 Å². The third kappa shape index (κ3) is 2.30. The number of aromatic nitrogens is 1. The molecule has 0 aliphatic carbocycles. The van der Waals surface area contributed by atoms with E-state index in [9.17, 15) is 8.78 Å². The van der Waals surface area contributed by atoms with E-state index in [0.29, 0.717) is 3.57 Å². The molecule has 0 bridgehead atoms. The molecule has 0 aliphatic heterocycles. The Morgan fingerprint density at radius 1 is 1.64 bits per heavy atom. The zero-order chi connectivity index (χ0) is 10.7. The molecule has 78 valence electrons. The second-order valence-electron chi connectivity index (χ2n) is 2.46. The van der Waals surface area contributed by atoms with Gasteiger partial charge in [0.15, 0.2) is 0 Å². The number of aliphatic hydroxyl groups is 1. The Labute approximate surface area is 93.2 Å². The molecule has 14 heavy (non-hydrogen) atoms. The van der Waals surface area contributed by atoms with Gasteiger partial charge in [0.1, 0.15) is 11.4 Å². The number of nitrogens with zero attached hydrogens (tertiary/aromatic N) is 1. The Hall–Kier alpha value is -0.500. The summed E-state index contributed by atoms with van der Waals surface area (Å²) in [5.41, 5.74) is -0.196. The molecule has 0 atom stereocenters. The van der Waals surface area contributed by atoms with Crippen molar-refractivity contribution in [3.63, 3.8) is 0 Å². The molecule has 0 saturated carbocycles. The van der Waals surface area contributed by atoms with E-state index in [1.54, 1.807) is 0 Å². The van der Waals surface area contributed by atoms with Gasteiger partial charge >= 0.3 is 0 Å². The molecule has 1 aromatic heterocycles. The van der Waals surface area contributed by atoms with Crippen molar-refractivity contribution >= 4 is 22.6 Å². The highest BCUT2D eigenvalue weighted by atomic mass is 127. The molecule has 0 aliphatic rings. The minimum Gasteiger partial charge on any atom is -0.495 e. The molecule has 1 rings (SSSR count). The maximum Gasteiger partial charge on any atom is 0.284 e. The number of alkyl halides is 2. The predicted molar refractivity (Wildman–Crippen MR) is 54.4 cm³/mol. The summed E-state index contributed by atoms with van der Waals surface area (Å²) in [6.45, 7) is -0.359. The average Bonchev–Trinajstić information content (AvgIpc) is 2.16. The lowest BCUT2D eigenvalue weighted by molar-refractivity contribution is 0.140. The van der Waals surface area contributed by atoms with E-state index < -0.39 is 12.1 Å². The molecule has 0 aromatic carbocycles. The molecule has 0 saturated heterocycles. The lowest BCUT2D eigenvalue weighted by Crippen LogP contribution is -2.02. The quantitative estimate of drug-likeness (QED) is 0.869. The number of ether oxygens (including phenoxy) is 1. The van der Waals surface area contributed by atoms with Gasteiger partial charge < -0.3 is 9.84 Å². The molecule has 1 heterocycles. The van der Waals surface area contributed by atoms with Crippen molar-refractivity contribution in [3.8, 4) is 5.75 Å². The van der Waals surface area contributed by atoms with Gasteiger partial charge in [0.25, 0.3) is 6.43 Å². The van der Waals surface area contributed by atoms with Crippen LogP contribution in [-0.2, 0) is 6.61 Å². The Kier molecular flexibility index (Phi) is 3.99. The van der Waals surface area contributed by atoms with Gasteiger partial charge in [0.2, 0.25) is 0 Å². The van der Waals surface area contributed by atoms with E-state index in [0.717, 1.165) is 0 Å². The Bertz CT molecular complexity index is 333. The molecule has 0 amide bonds. The molecular weight excluding hydrogens is 307 g/mol. The van der Waals surface area contributed by atoms with Gasteiger partial charge in [-0.25, -0.2) is 13.8 Å². The number of halogens is 3. The van der Waals surface area contributed by atoms with Crippen molar-refractivity contribution in [2.45, 2.75) is 13.0 Å². The van der Waals surface area contributed by atoms with Crippen LogP contribution in [0.25, 0.3) is 0 Å². The first-order chi connectivity index (χ1) is 6.60. The van der Waals surface area contributed by atoms with Gasteiger partial charge in [-0.3, -0.25) is 0 Å². The van der Waals surface area contributed by atoms with Crippen LogP contribution in [0.2, 0.25) is 0 Å². The number of hydrogen-bond acceptors (Lipinski definition) is 3. The fraction of sp³-hybridized carbons (Fsp3) is 0.375. The van der Waals surface area contributed by atoms with Gasteiger partial charge in [-0.05, 0) is 28.7 Å². The molecule has 0 radical (unpaired) electrons. The van der Waals surface area contributed by atoms with Gasteiger partial charge in [-0.15, -0.1) is 0 Å². The van der Waals surface area contributed by atoms with Crippen molar-refractivity contribution in [2.75, 3.05) is 7.11 Å². The Balaban J connectivity index is 3.25. The predicted octanol–water partition coefficient (Wildman–Crippen LogP) is 2.12. The normalized spacial score (nSPS) is 10.7. The minimum atomic E-state index is -2.70. The number of aliphatic hydroxyl groups excluding tert-OH is 1. The summed E-state index contributed by atoms with van der Waals surface area (Å²) in [6.07, 6.45) is -2.70. The summed E-state index contributed by atoms with van der Waals surface area (Å²) in [7, 11) is 1.30. The third-order valence-electron chi connectivity index (χ3n) is 1.62. The number of pyridine rings is 1. The van der Waals surface area contributed by atoms with Crippen molar-refractivity contribution in [1.82, 2.24) is 4.98 Å². The second-order valence-corrected chi connectivity index (χ2v) is 3.63. The van der Waals surface area contributed by atoms with E-state index in [1.165, 1.54) is 13.2 Å². The van der Waals surface area contributed by atoms with E-state index in [4.69, 9.17) is 9.84 Å². The first kappa shape index (κ1) is 11.6. The molecule has 1 aromatic rings. The second kappa shape index (κ2) is 4.83. The van der Waals surface area contributed by atoms with Crippen LogP contribution in [0.5, 0.6) is 5.75 Å². The largest absolute Gasteiger partial charge is 0.495 e. The van der Waals surface area contributed by atoms with E-state index in [1.807, 2.05) is 22.6 Å². The van der Waals surface area contributed by atoms with Crippen molar-refractivity contribution in [2.24, 2.45) is 0 Å². The van der Waals surface area contributed by atoms with Crippen LogP contribution in [-0.4, -0.2) is 17.2 Å². The molecule has 0 fully saturated rings. The van der Waals surface area contributed by atoms with Crippen LogP contribution in [0.3, 0.4) is 0 Å². The van der Waals surface area contributed by atoms with Gasteiger partial charge in [-0.2, -0.15) is 0 Å². The number of rotatable bonds is 3. The number of hydrogen-bond donors (Lipinski definition) is 1. The topological polar surface area (TPSA) is 42.4 Å². The summed E-state index contributed by atoms with van der Waals surface area (Å²) in [4.78, 5) is 3.63. The summed E-state index contributed by atoms with van der Waals surface area (Å²) in [5, 5.41) is 8.84. The van der Waals surface area contributed by atoms with E-state index in [-0.39, 0.29) is 18.1 Å². The highest BCUT2D eigenvalue weighted by Gasteiger charge is 2.18. The molecule has 0 unspecified atom stereocenters. The van der Waals surface area contributed by atoms with E-state index >= 15 is 0 Å². The maximum absolute atomic E-state index is 12.4.